The molecule has 2 aromatic carbocycles. The largest absolute Gasteiger partial charge is 0.494 e. The summed E-state index contributed by atoms with van der Waals surface area (Å²) in [5.74, 6) is 0.0328. The van der Waals surface area contributed by atoms with Gasteiger partial charge in [0, 0.05) is 0 Å². The van der Waals surface area contributed by atoms with Gasteiger partial charge < -0.3 is 10.5 Å². The fourth-order valence-corrected chi connectivity index (χ4v) is 3.28. The van der Waals surface area contributed by atoms with E-state index in [1.165, 1.54) is 6.07 Å². The number of benzene rings is 2. The molecule has 0 aromatic heterocycles. The second-order valence-corrected chi connectivity index (χ2v) is 6.59. The molecule has 0 fully saturated rings. The Morgan fingerprint density at radius 3 is 2.48 bits per heavy atom. The van der Waals surface area contributed by atoms with E-state index in [2.05, 4.69) is 0 Å². The lowest BCUT2D eigenvalue weighted by Crippen LogP contribution is -2.12. The maximum Gasteiger partial charge on any atom is 0.180 e. The number of ether oxygens (including phenoxy) is 1. The quantitative estimate of drug-likeness (QED) is 0.506. The summed E-state index contributed by atoms with van der Waals surface area (Å²) in [6, 6.07) is 12.4. The van der Waals surface area contributed by atoms with Crippen LogP contribution in [0.25, 0.3) is 0 Å². The van der Waals surface area contributed by atoms with Gasteiger partial charge in [-0.2, -0.15) is 0 Å². The van der Waals surface area contributed by atoms with Crippen molar-refractivity contribution in [2.45, 2.75) is 11.3 Å². The first-order valence-corrected chi connectivity index (χ1v) is 8.10. The van der Waals surface area contributed by atoms with Crippen LogP contribution in [0.3, 0.4) is 0 Å². The van der Waals surface area contributed by atoms with E-state index in [0.29, 0.717) is 12.2 Å². The van der Waals surface area contributed by atoms with Crippen molar-refractivity contribution in [3.8, 4) is 5.75 Å². The highest BCUT2D eigenvalue weighted by atomic mass is 32.2. The van der Waals surface area contributed by atoms with Crippen molar-refractivity contribution in [2.24, 2.45) is 0 Å². The van der Waals surface area contributed by atoms with Crippen LogP contribution in [0, 0.1) is 5.82 Å². The molecule has 0 aliphatic heterocycles. The minimum Gasteiger partial charge on any atom is -0.494 e. The predicted octanol–water partition coefficient (Wildman–Crippen LogP) is 2.65. The van der Waals surface area contributed by atoms with E-state index < -0.39 is 15.7 Å². The summed E-state index contributed by atoms with van der Waals surface area (Å²) < 4.78 is 42.6. The molecule has 0 atom stereocenters. The molecule has 0 bridgehead atoms. The normalized spacial score (nSPS) is 11.3. The zero-order valence-corrected chi connectivity index (χ0v) is 12.1. The second-order valence-electron chi connectivity index (χ2n) is 4.52. The van der Waals surface area contributed by atoms with Crippen molar-refractivity contribution in [2.75, 3.05) is 18.1 Å². The van der Waals surface area contributed by atoms with E-state index in [4.69, 9.17) is 10.5 Å². The average molecular weight is 309 g/mol. The highest BCUT2D eigenvalue weighted by Crippen LogP contribution is 2.21. The van der Waals surface area contributed by atoms with Crippen LogP contribution in [-0.4, -0.2) is 20.8 Å². The summed E-state index contributed by atoms with van der Waals surface area (Å²) in [4.78, 5) is -0.0383. The maximum absolute atomic E-state index is 12.9. The Kier molecular flexibility index (Phi) is 4.80. The Bertz CT molecular complexity index is 702. The van der Waals surface area contributed by atoms with Crippen molar-refractivity contribution in [1.82, 2.24) is 0 Å². The number of hydrogen-bond donors (Lipinski definition) is 1. The number of halogens is 1. The second kappa shape index (κ2) is 6.58. The predicted molar refractivity (Wildman–Crippen MR) is 79.4 cm³/mol. The number of rotatable bonds is 6. The van der Waals surface area contributed by atoms with Crippen LogP contribution >= 0.6 is 0 Å². The molecule has 2 rings (SSSR count). The van der Waals surface area contributed by atoms with Crippen LogP contribution < -0.4 is 10.5 Å². The Morgan fingerprint density at radius 1 is 1.10 bits per heavy atom. The molecule has 21 heavy (non-hydrogen) atoms. The molecular weight excluding hydrogens is 293 g/mol. The summed E-state index contributed by atoms with van der Waals surface area (Å²) in [5.41, 5.74) is 5.48. The maximum atomic E-state index is 12.9. The van der Waals surface area contributed by atoms with Gasteiger partial charge >= 0.3 is 0 Å². The van der Waals surface area contributed by atoms with Gasteiger partial charge in [-0.15, -0.1) is 0 Å². The van der Waals surface area contributed by atoms with Crippen LogP contribution in [-0.2, 0) is 9.84 Å². The number of para-hydroxylation sites is 1. The monoisotopic (exact) mass is 309 g/mol. The van der Waals surface area contributed by atoms with Crippen molar-refractivity contribution in [1.29, 1.82) is 0 Å². The Hall–Kier alpha value is -2.08. The summed E-state index contributed by atoms with van der Waals surface area (Å²) in [7, 11) is -3.53. The van der Waals surface area contributed by atoms with Gasteiger partial charge in [-0.25, -0.2) is 12.8 Å². The topological polar surface area (TPSA) is 69.4 Å². The van der Waals surface area contributed by atoms with Gasteiger partial charge in [0.1, 0.15) is 11.6 Å². The summed E-state index contributed by atoms with van der Waals surface area (Å²) in [6.45, 7) is 0.282. The summed E-state index contributed by atoms with van der Waals surface area (Å²) in [6.07, 6.45) is 0.327. The van der Waals surface area contributed by atoms with E-state index in [1.54, 1.807) is 12.1 Å². The molecule has 0 aliphatic rings. The Morgan fingerprint density at radius 2 is 1.81 bits per heavy atom. The number of nitrogens with two attached hydrogens (primary N) is 1. The highest BCUT2D eigenvalue weighted by molar-refractivity contribution is 7.91. The van der Waals surface area contributed by atoms with Gasteiger partial charge in [-0.3, -0.25) is 0 Å². The molecule has 2 N–H and O–H groups in total. The molecule has 0 saturated carbocycles. The number of sulfone groups is 1. The van der Waals surface area contributed by atoms with Crippen LogP contribution in [0.4, 0.5) is 10.1 Å². The van der Waals surface area contributed by atoms with E-state index in [0.717, 1.165) is 12.1 Å². The van der Waals surface area contributed by atoms with Crippen LogP contribution in [0.2, 0.25) is 0 Å². The van der Waals surface area contributed by atoms with Gasteiger partial charge in [0.25, 0.3) is 0 Å². The lowest BCUT2D eigenvalue weighted by atomic mass is 10.3. The number of hydrogen-bond acceptors (Lipinski definition) is 4. The Balaban J connectivity index is 1.92. The van der Waals surface area contributed by atoms with Crippen molar-refractivity contribution in [3.63, 3.8) is 0 Å². The SMILES string of the molecule is Nc1cc(F)ccc1S(=O)(=O)CCCOc1ccccc1. The first-order chi connectivity index (χ1) is 9.99. The molecule has 0 saturated heterocycles. The smallest absolute Gasteiger partial charge is 0.180 e. The van der Waals surface area contributed by atoms with Gasteiger partial charge in [-0.05, 0) is 36.8 Å². The molecular formula is C15H16FNO3S. The van der Waals surface area contributed by atoms with Crippen LogP contribution in [0.1, 0.15) is 6.42 Å². The van der Waals surface area contributed by atoms with Gasteiger partial charge in [0.15, 0.2) is 9.84 Å². The van der Waals surface area contributed by atoms with E-state index >= 15 is 0 Å². The zero-order valence-electron chi connectivity index (χ0n) is 11.3. The molecule has 6 heteroatoms. The third-order valence-electron chi connectivity index (χ3n) is 2.88. The third kappa shape index (κ3) is 4.19. The number of anilines is 1. The molecule has 0 aliphatic carbocycles. The molecule has 0 unspecified atom stereocenters. The van der Waals surface area contributed by atoms with Crippen molar-refractivity contribution >= 4 is 15.5 Å². The summed E-state index contributed by atoms with van der Waals surface area (Å²) in [5, 5.41) is 0. The fraction of sp³-hybridized carbons (Fsp3) is 0.200. The van der Waals surface area contributed by atoms with Crippen molar-refractivity contribution in [3.05, 3.63) is 54.3 Å². The minimum absolute atomic E-state index is 0.0383. The summed E-state index contributed by atoms with van der Waals surface area (Å²) >= 11 is 0. The van der Waals surface area contributed by atoms with Gasteiger partial charge in [0.2, 0.25) is 0 Å². The lowest BCUT2D eigenvalue weighted by molar-refractivity contribution is 0.317. The van der Waals surface area contributed by atoms with E-state index in [1.807, 2.05) is 18.2 Å². The third-order valence-corrected chi connectivity index (χ3v) is 4.74. The zero-order chi connectivity index (χ0) is 15.3. The lowest BCUT2D eigenvalue weighted by Gasteiger charge is -2.08. The Labute approximate surface area is 123 Å². The molecule has 0 spiro atoms. The fourth-order valence-electron chi connectivity index (χ4n) is 1.87. The van der Waals surface area contributed by atoms with E-state index in [9.17, 15) is 12.8 Å². The first kappa shape index (κ1) is 15.3. The van der Waals surface area contributed by atoms with E-state index in [-0.39, 0.29) is 22.9 Å². The molecule has 0 amide bonds. The standard InChI is InChI=1S/C15H16FNO3S/c16-12-7-8-15(14(17)11-12)21(18,19)10-4-9-20-13-5-2-1-3-6-13/h1-3,5-8,11H,4,9-10,17H2. The highest BCUT2D eigenvalue weighted by Gasteiger charge is 2.17. The minimum atomic E-state index is -3.53. The molecule has 112 valence electrons. The van der Waals surface area contributed by atoms with Gasteiger partial charge in [0.05, 0.1) is 22.9 Å². The number of nitrogen functional groups attached to an aromatic ring is 1. The molecule has 2 aromatic rings. The first-order valence-electron chi connectivity index (χ1n) is 6.45. The van der Waals surface area contributed by atoms with Crippen LogP contribution in [0.5, 0.6) is 5.75 Å². The van der Waals surface area contributed by atoms with Gasteiger partial charge in [-0.1, -0.05) is 18.2 Å². The van der Waals surface area contributed by atoms with Crippen LogP contribution in [0.15, 0.2) is 53.4 Å². The molecule has 4 nitrogen and oxygen atoms in total. The molecule has 0 radical (unpaired) electrons. The van der Waals surface area contributed by atoms with Crippen molar-refractivity contribution < 1.29 is 17.5 Å². The molecule has 0 heterocycles. The average Bonchev–Trinajstić information content (AvgIpc) is 2.44.